The highest BCUT2D eigenvalue weighted by Crippen LogP contribution is 2.24. The molecule has 1 saturated heterocycles. The van der Waals surface area contributed by atoms with Gasteiger partial charge in [-0.05, 0) is 18.9 Å². The Morgan fingerprint density at radius 2 is 2.00 bits per heavy atom. The number of carbonyl (C=O) groups is 2. The number of amides is 2. The average molecular weight is 469 g/mol. The maximum absolute atomic E-state index is 13.2. The van der Waals surface area contributed by atoms with E-state index in [4.69, 9.17) is 4.74 Å². The van der Waals surface area contributed by atoms with Crippen molar-refractivity contribution in [2.75, 3.05) is 57.7 Å². The minimum absolute atomic E-state index is 0.163. The van der Waals surface area contributed by atoms with Crippen LogP contribution in [0.2, 0.25) is 0 Å². The van der Waals surface area contributed by atoms with Gasteiger partial charge in [-0.1, -0.05) is 12.8 Å². The van der Waals surface area contributed by atoms with E-state index in [1.165, 1.54) is 6.21 Å². The predicted octanol–water partition coefficient (Wildman–Crippen LogP) is 1.08. The molecule has 0 radical (unpaired) electrons. The van der Waals surface area contributed by atoms with Gasteiger partial charge < -0.3 is 25.2 Å². The number of hydrogen-bond acceptors (Lipinski definition) is 8. The number of nitrogens with zero attached hydrogens (tertiary/aromatic N) is 6. The fraction of sp³-hybridized carbons (Fsp3) is 0.522. The molecule has 0 atom stereocenters. The molecule has 2 aliphatic rings. The minimum Gasteiger partial charge on any atom is -0.383 e. The first-order chi connectivity index (χ1) is 16.5. The summed E-state index contributed by atoms with van der Waals surface area (Å²) in [5, 5.41) is 10.3. The Bertz CT molecular complexity index is 1100. The van der Waals surface area contributed by atoms with Crippen molar-refractivity contribution in [2.24, 2.45) is 4.99 Å². The number of carbonyl (C=O) groups excluding carboxylic acids is 2. The molecule has 34 heavy (non-hydrogen) atoms. The van der Waals surface area contributed by atoms with Crippen LogP contribution in [0.15, 0.2) is 34.6 Å². The van der Waals surface area contributed by atoms with Crippen molar-refractivity contribution in [3.05, 3.63) is 29.6 Å². The molecule has 11 heteroatoms. The van der Waals surface area contributed by atoms with Gasteiger partial charge in [-0.15, -0.1) is 5.10 Å². The Labute approximate surface area is 198 Å². The third-order valence-electron chi connectivity index (χ3n) is 6.31. The zero-order chi connectivity index (χ0) is 24.1. The van der Waals surface area contributed by atoms with Crippen LogP contribution in [-0.2, 0) is 14.3 Å². The Morgan fingerprint density at radius 1 is 1.26 bits per heavy atom. The summed E-state index contributed by atoms with van der Waals surface area (Å²) < 4.78 is 7.06. The second kappa shape index (κ2) is 10.6. The number of ether oxygens (including phenoxy) is 1. The number of likely N-dealkylation sites (N-methyl/N-ethyl adjacent to an activating group) is 2. The summed E-state index contributed by atoms with van der Waals surface area (Å²) in [5.41, 5.74) is 1.56. The van der Waals surface area contributed by atoms with Gasteiger partial charge in [-0.2, -0.15) is 4.98 Å². The van der Waals surface area contributed by atoms with Crippen LogP contribution in [0.25, 0.3) is 5.65 Å². The Hall–Kier alpha value is -3.47. The van der Waals surface area contributed by atoms with Crippen LogP contribution < -0.4 is 15.5 Å². The molecule has 4 rings (SSSR count). The maximum atomic E-state index is 13.2. The normalized spacial score (nSPS) is 17.8. The SMILES string of the molecule is CN=C/C(C(=O)N(C)C1CCCC1)=C(\NC)C(=O)Nc1ccn2nc(N3CCOCC3)nc2c1. The summed E-state index contributed by atoms with van der Waals surface area (Å²) in [7, 11) is 5.00. The number of anilines is 2. The lowest BCUT2D eigenvalue weighted by Gasteiger charge is -2.25. The maximum Gasteiger partial charge on any atom is 0.272 e. The largest absolute Gasteiger partial charge is 0.383 e. The van der Waals surface area contributed by atoms with Crippen LogP contribution in [0.5, 0.6) is 0 Å². The van der Waals surface area contributed by atoms with Gasteiger partial charge in [0.05, 0.1) is 18.8 Å². The minimum atomic E-state index is -0.428. The third-order valence-corrected chi connectivity index (χ3v) is 6.31. The number of aromatic nitrogens is 3. The van der Waals surface area contributed by atoms with Crippen LogP contribution in [0.1, 0.15) is 25.7 Å². The molecule has 1 aliphatic heterocycles. The van der Waals surface area contributed by atoms with Crippen molar-refractivity contribution >= 4 is 35.3 Å². The van der Waals surface area contributed by atoms with E-state index in [-0.39, 0.29) is 23.2 Å². The van der Waals surface area contributed by atoms with Gasteiger partial charge in [0.2, 0.25) is 5.95 Å². The third kappa shape index (κ3) is 5.04. The van der Waals surface area contributed by atoms with Crippen LogP contribution in [0, 0.1) is 0 Å². The van der Waals surface area contributed by atoms with Gasteiger partial charge in [0.25, 0.3) is 11.8 Å². The van der Waals surface area contributed by atoms with Gasteiger partial charge in [-0.3, -0.25) is 14.6 Å². The Kier molecular flexibility index (Phi) is 7.41. The van der Waals surface area contributed by atoms with E-state index in [1.54, 1.807) is 48.9 Å². The molecule has 0 unspecified atom stereocenters. The standard InChI is InChI=1S/C23H32N8O3/c1-24-15-18(22(33)29(3)17-6-4-5-7-17)20(25-2)21(32)26-16-8-9-31-19(14-16)27-23(28-31)30-10-12-34-13-11-30/h8-9,14-15,17,25H,4-7,10-13H2,1-3H3,(H,26,32)/b20-18+,24-15?. The molecular weight excluding hydrogens is 436 g/mol. The fourth-order valence-corrected chi connectivity index (χ4v) is 4.41. The van der Waals surface area contributed by atoms with E-state index < -0.39 is 5.91 Å². The summed E-state index contributed by atoms with van der Waals surface area (Å²) in [5.74, 6) is -0.0209. The fourth-order valence-electron chi connectivity index (χ4n) is 4.41. The number of fused-ring (bicyclic) bond motifs is 1. The van der Waals surface area contributed by atoms with E-state index in [9.17, 15) is 9.59 Å². The van der Waals surface area contributed by atoms with E-state index in [1.807, 2.05) is 0 Å². The lowest BCUT2D eigenvalue weighted by atomic mass is 10.1. The molecule has 0 bridgehead atoms. The Morgan fingerprint density at radius 3 is 2.68 bits per heavy atom. The number of pyridine rings is 1. The number of morpholine rings is 1. The molecule has 182 valence electrons. The first-order valence-corrected chi connectivity index (χ1v) is 11.6. The molecule has 2 aromatic rings. The van der Waals surface area contributed by atoms with Crippen molar-refractivity contribution in [1.82, 2.24) is 24.8 Å². The van der Waals surface area contributed by atoms with Crippen molar-refractivity contribution < 1.29 is 14.3 Å². The number of hydrogen-bond donors (Lipinski definition) is 2. The molecule has 2 amide bonds. The van der Waals surface area contributed by atoms with Crippen LogP contribution >= 0.6 is 0 Å². The highest BCUT2D eigenvalue weighted by Gasteiger charge is 2.28. The predicted molar refractivity (Wildman–Crippen MR) is 130 cm³/mol. The number of rotatable bonds is 7. The number of aliphatic imine (C=N–C) groups is 1. The summed E-state index contributed by atoms with van der Waals surface area (Å²) >= 11 is 0. The van der Waals surface area contributed by atoms with Crippen molar-refractivity contribution in [3.8, 4) is 0 Å². The van der Waals surface area contributed by atoms with Gasteiger partial charge in [0.15, 0.2) is 5.65 Å². The lowest BCUT2D eigenvalue weighted by molar-refractivity contribution is -0.127. The zero-order valence-corrected chi connectivity index (χ0v) is 20.0. The topological polar surface area (TPSA) is 116 Å². The average Bonchev–Trinajstić information content (AvgIpc) is 3.54. The van der Waals surface area contributed by atoms with Crippen LogP contribution in [0.4, 0.5) is 11.6 Å². The van der Waals surface area contributed by atoms with Gasteiger partial charge >= 0.3 is 0 Å². The molecule has 2 fully saturated rings. The molecular formula is C23H32N8O3. The number of nitrogens with one attached hydrogen (secondary N) is 2. The van der Waals surface area contributed by atoms with Crippen LogP contribution in [0.3, 0.4) is 0 Å². The molecule has 1 saturated carbocycles. The van der Waals surface area contributed by atoms with E-state index >= 15 is 0 Å². The Balaban J connectivity index is 1.55. The molecule has 2 N–H and O–H groups in total. The first kappa shape index (κ1) is 23.7. The summed E-state index contributed by atoms with van der Waals surface area (Å²) in [6.07, 6.45) is 7.37. The van der Waals surface area contributed by atoms with E-state index in [0.717, 1.165) is 38.8 Å². The van der Waals surface area contributed by atoms with Gasteiger partial charge in [-0.25, -0.2) is 4.52 Å². The monoisotopic (exact) mass is 468 g/mol. The second-order valence-electron chi connectivity index (χ2n) is 8.46. The van der Waals surface area contributed by atoms with Crippen molar-refractivity contribution in [2.45, 2.75) is 31.7 Å². The van der Waals surface area contributed by atoms with Crippen molar-refractivity contribution in [1.29, 1.82) is 0 Å². The van der Waals surface area contributed by atoms with Gasteiger partial charge in [0.1, 0.15) is 5.70 Å². The first-order valence-electron chi connectivity index (χ1n) is 11.6. The molecule has 2 aromatic heterocycles. The van der Waals surface area contributed by atoms with Crippen LogP contribution in [-0.4, -0.2) is 91.0 Å². The molecule has 1 aliphatic carbocycles. The lowest BCUT2D eigenvalue weighted by Crippen LogP contribution is -2.39. The van der Waals surface area contributed by atoms with Crippen molar-refractivity contribution in [3.63, 3.8) is 0 Å². The van der Waals surface area contributed by atoms with E-state index in [2.05, 4.69) is 30.6 Å². The zero-order valence-electron chi connectivity index (χ0n) is 20.0. The smallest absolute Gasteiger partial charge is 0.272 e. The molecule has 0 aromatic carbocycles. The van der Waals surface area contributed by atoms with Gasteiger partial charge in [0, 0.05) is 64.4 Å². The summed E-state index contributed by atoms with van der Waals surface area (Å²) in [6, 6.07) is 3.68. The molecule has 3 heterocycles. The second-order valence-corrected chi connectivity index (χ2v) is 8.46. The highest BCUT2D eigenvalue weighted by molar-refractivity contribution is 6.19. The summed E-state index contributed by atoms with van der Waals surface area (Å²) in [6.45, 7) is 2.77. The van der Waals surface area contributed by atoms with E-state index in [0.29, 0.717) is 30.5 Å². The molecule has 0 spiro atoms. The quantitative estimate of drug-likeness (QED) is 0.461. The molecule has 11 nitrogen and oxygen atoms in total. The summed E-state index contributed by atoms with van der Waals surface area (Å²) in [4.78, 5) is 38.8. The highest BCUT2D eigenvalue weighted by atomic mass is 16.5.